The molecule has 0 unspecified atom stereocenters. The molecular weight excluding hydrogens is 574 g/mol. The molecule has 2 fully saturated rings. The number of pyridine rings is 1. The fourth-order valence-electron chi connectivity index (χ4n) is 7.25. The van der Waals surface area contributed by atoms with Gasteiger partial charge in [0.05, 0.1) is 6.20 Å². The number of H-pyrrole nitrogens is 1. The van der Waals surface area contributed by atoms with Gasteiger partial charge in [-0.05, 0) is 98.1 Å². The van der Waals surface area contributed by atoms with Crippen LogP contribution in [0.15, 0.2) is 72.6 Å². The first-order chi connectivity index (χ1) is 21.4. The zero-order valence-electron chi connectivity index (χ0n) is 24.8. The Morgan fingerprint density at radius 2 is 1.80 bits per heavy atom. The molecule has 0 atom stereocenters. The molecule has 8 nitrogen and oxygen atoms in total. The molecule has 9 heteroatoms. The van der Waals surface area contributed by atoms with E-state index >= 15 is 0 Å². The Morgan fingerprint density at radius 1 is 1.00 bits per heavy atom. The van der Waals surface area contributed by atoms with Gasteiger partial charge in [-0.1, -0.05) is 29.3 Å². The van der Waals surface area contributed by atoms with Gasteiger partial charge in [-0.3, -0.25) is 4.90 Å². The number of halogens is 1. The molecule has 0 saturated carbocycles. The predicted molar refractivity (Wildman–Crippen MR) is 175 cm³/mol. The number of aromatic amines is 1. The summed E-state index contributed by atoms with van der Waals surface area (Å²) in [7, 11) is 0. The molecule has 2 aliphatic heterocycles. The Hall–Kier alpha value is -3.85. The van der Waals surface area contributed by atoms with Crippen LogP contribution in [0.5, 0.6) is 11.5 Å². The summed E-state index contributed by atoms with van der Waals surface area (Å²) in [6, 6.07) is 17.6. The van der Waals surface area contributed by atoms with Crippen LogP contribution in [0, 0.1) is 5.41 Å². The van der Waals surface area contributed by atoms with Crippen molar-refractivity contribution in [3.05, 3.63) is 88.7 Å². The molecule has 0 amide bonds. The van der Waals surface area contributed by atoms with E-state index < -0.39 is 5.97 Å². The minimum atomic E-state index is -1.02. The smallest absolute Gasteiger partial charge is 0.339 e. The zero-order valence-corrected chi connectivity index (χ0v) is 25.6. The quantitative estimate of drug-likeness (QED) is 0.211. The summed E-state index contributed by atoms with van der Waals surface area (Å²) < 4.78 is 6.10. The molecule has 3 aliphatic rings. The SMILES string of the molecule is O=C(O)c1ccc(N2CCN(CC3=C(c4ccc(Cl)cc4)CCC4(CCNCC4)C3)CC2)cc1Oc1cnc2[nH]ccc2c1. The summed E-state index contributed by atoms with van der Waals surface area (Å²) in [5.74, 6) is -0.192. The largest absolute Gasteiger partial charge is 0.478 e. The summed E-state index contributed by atoms with van der Waals surface area (Å²) >= 11 is 6.24. The van der Waals surface area contributed by atoms with E-state index in [9.17, 15) is 9.90 Å². The summed E-state index contributed by atoms with van der Waals surface area (Å²) in [5, 5.41) is 15.1. The van der Waals surface area contributed by atoms with Crippen molar-refractivity contribution in [1.29, 1.82) is 0 Å². The Kier molecular flexibility index (Phi) is 8.06. The minimum absolute atomic E-state index is 0.132. The number of carboxylic acids is 1. The molecule has 2 saturated heterocycles. The summed E-state index contributed by atoms with van der Waals surface area (Å²) in [6.07, 6.45) is 9.50. The lowest BCUT2D eigenvalue weighted by Crippen LogP contribution is -2.47. The number of nitrogens with zero attached hydrogens (tertiary/aromatic N) is 3. The number of carboxylic acid groups (broad SMARTS) is 1. The number of allylic oxidation sites excluding steroid dienone is 1. The van der Waals surface area contributed by atoms with E-state index in [2.05, 4.69) is 37.2 Å². The highest BCUT2D eigenvalue weighted by atomic mass is 35.5. The van der Waals surface area contributed by atoms with Crippen LogP contribution >= 0.6 is 11.6 Å². The highest BCUT2D eigenvalue weighted by molar-refractivity contribution is 6.30. The maximum Gasteiger partial charge on any atom is 0.339 e. The predicted octanol–water partition coefficient (Wildman–Crippen LogP) is 6.84. The number of hydrogen-bond acceptors (Lipinski definition) is 6. The lowest BCUT2D eigenvalue weighted by molar-refractivity contribution is 0.0694. The number of aromatic nitrogens is 2. The van der Waals surface area contributed by atoms with Gasteiger partial charge in [0.1, 0.15) is 22.7 Å². The molecule has 2 aromatic carbocycles. The minimum Gasteiger partial charge on any atom is -0.478 e. The summed E-state index contributed by atoms with van der Waals surface area (Å²) in [5.41, 5.74) is 6.68. The summed E-state index contributed by atoms with van der Waals surface area (Å²) in [6.45, 7) is 6.83. The maximum absolute atomic E-state index is 12.0. The lowest BCUT2D eigenvalue weighted by atomic mass is 9.65. The van der Waals surface area contributed by atoms with E-state index in [0.717, 1.165) is 74.0 Å². The van der Waals surface area contributed by atoms with Crippen LogP contribution in [0.4, 0.5) is 5.69 Å². The van der Waals surface area contributed by atoms with E-state index in [1.54, 1.807) is 17.8 Å². The molecule has 1 aliphatic carbocycles. The number of anilines is 1. The number of carbonyl (C=O) groups is 1. The number of piperazine rings is 1. The molecule has 3 N–H and O–H groups in total. The average molecular weight is 612 g/mol. The van der Waals surface area contributed by atoms with Crippen molar-refractivity contribution in [2.75, 3.05) is 50.7 Å². The normalized spacial score (nSPS) is 19.1. The topological polar surface area (TPSA) is 93.7 Å². The number of rotatable bonds is 7. The van der Waals surface area contributed by atoms with Crippen molar-refractivity contribution in [2.45, 2.75) is 32.1 Å². The molecule has 0 bridgehead atoms. The fraction of sp³-hybridized carbons (Fsp3) is 0.371. The Bertz CT molecular complexity index is 1680. The van der Waals surface area contributed by atoms with Gasteiger partial charge in [-0.25, -0.2) is 9.78 Å². The molecular formula is C35H38ClN5O3. The highest BCUT2D eigenvalue weighted by Gasteiger charge is 2.37. The Balaban J connectivity index is 1.07. The van der Waals surface area contributed by atoms with Crippen LogP contribution < -0.4 is 15.0 Å². The van der Waals surface area contributed by atoms with Gasteiger partial charge in [0.15, 0.2) is 0 Å². The summed E-state index contributed by atoms with van der Waals surface area (Å²) in [4.78, 5) is 24.4. The third-order valence-corrected chi connectivity index (χ3v) is 9.98. The zero-order chi connectivity index (χ0) is 30.1. The van der Waals surface area contributed by atoms with Crippen molar-refractivity contribution in [3.63, 3.8) is 0 Å². The van der Waals surface area contributed by atoms with Crippen molar-refractivity contribution in [1.82, 2.24) is 20.2 Å². The third kappa shape index (κ3) is 6.07. The Labute approximate surface area is 262 Å². The molecule has 7 rings (SSSR count). The van der Waals surface area contributed by atoms with Crippen LogP contribution in [-0.4, -0.2) is 71.8 Å². The molecule has 1 spiro atoms. The standard InChI is InChI=1S/C35H38ClN5O3/c36-27-3-1-24(2-4-27)30-7-9-35(10-13-37-14-11-35)21-26(30)23-40-15-17-41(18-16-40)28-5-6-31(34(42)43)32(20-28)44-29-19-25-8-12-38-33(25)39-22-29/h1-6,8,12,19-20,22,37H,7,9-11,13-18,21,23H2,(H,38,39)(H,42,43). The van der Waals surface area contributed by atoms with E-state index in [1.807, 2.05) is 42.6 Å². The number of ether oxygens (including phenoxy) is 1. The lowest BCUT2D eigenvalue weighted by Gasteiger charge is -2.44. The number of fused-ring (bicyclic) bond motifs is 1. The van der Waals surface area contributed by atoms with E-state index in [1.165, 1.54) is 36.8 Å². The number of hydrogen-bond donors (Lipinski definition) is 3. The van der Waals surface area contributed by atoms with Crippen molar-refractivity contribution in [3.8, 4) is 11.5 Å². The van der Waals surface area contributed by atoms with Gasteiger partial charge < -0.3 is 25.0 Å². The second-order valence-corrected chi connectivity index (χ2v) is 12.9. The van der Waals surface area contributed by atoms with Crippen molar-refractivity contribution < 1.29 is 14.6 Å². The average Bonchev–Trinajstić information content (AvgIpc) is 3.51. The van der Waals surface area contributed by atoms with Gasteiger partial charge in [0, 0.05) is 61.1 Å². The highest BCUT2D eigenvalue weighted by Crippen LogP contribution is 2.48. The van der Waals surface area contributed by atoms with Crippen LogP contribution in [0.1, 0.15) is 48.0 Å². The first-order valence-electron chi connectivity index (χ1n) is 15.6. The van der Waals surface area contributed by atoms with E-state index in [0.29, 0.717) is 16.9 Å². The second-order valence-electron chi connectivity index (χ2n) is 12.5. The van der Waals surface area contributed by atoms with E-state index in [-0.39, 0.29) is 5.56 Å². The van der Waals surface area contributed by atoms with Crippen LogP contribution in [0.3, 0.4) is 0 Å². The monoisotopic (exact) mass is 611 g/mol. The van der Waals surface area contributed by atoms with Crippen LogP contribution in [-0.2, 0) is 0 Å². The number of benzene rings is 2. The first kappa shape index (κ1) is 28.9. The number of nitrogens with one attached hydrogen (secondary N) is 2. The van der Waals surface area contributed by atoms with Gasteiger partial charge in [-0.2, -0.15) is 0 Å². The third-order valence-electron chi connectivity index (χ3n) is 9.73. The van der Waals surface area contributed by atoms with Gasteiger partial charge in [0.2, 0.25) is 0 Å². The Morgan fingerprint density at radius 3 is 2.57 bits per heavy atom. The van der Waals surface area contributed by atoms with Crippen LogP contribution in [0.2, 0.25) is 5.02 Å². The first-order valence-corrected chi connectivity index (χ1v) is 16.0. The van der Waals surface area contributed by atoms with Gasteiger partial charge in [0.25, 0.3) is 0 Å². The molecule has 2 aromatic heterocycles. The maximum atomic E-state index is 12.0. The number of aromatic carboxylic acids is 1. The van der Waals surface area contributed by atoms with E-state index in [4.69, 9.17) is 16.3 Å². The van der Waals surface area contributed by atoms with Crippen molar-refractivity contribution >= 4 is 39.9 Å². The second kappa shape index (κ2) is 12.3. The molecule has 4 aromatic rings. The van der Waals surface area contributed by atoms with Crippen molar-refractivity contribution in [2.24, 2.45) is 5.41 Å². The molecule has 0 radical (unpaired) electrons. The fourth-order valence-corrected chi connectivity index (χ4v) is 7.38. The molecule has 4 heterocycles. The number of piperidine rings is 1. The van der Waals surface area contributed by atoms with Crippen LogP contribution in [0.25, 0.3) is 16.6 Å². The van der Waals surface area contributed by atoms with Gasteiger partial charge >= 0.3 is 5.97 Å². The molecule has 228 valence electrons. The van der Waals surface area contributed by atoms with Gasteiger partial charge in [-0.15, -0.1) is 0 Å². The molecule has 44 heavy (non-hydrogen) atoms.